The lowest BCUT2D eigenvalue weighted by Crippen LogP contribution is -2.51. The molecule has 23 heavy (non-hydrogen) atoms. The molecule has 1 fully saturated rings. The number of nitrogens with two attached hydrogens (primary N) is 1. The predicted octanol–water partition coefficient (Wildman–Crippen LogP) is 0.814. The average Bonchev–Trinajstić information content (AvgIpc) is 3.06. The van der Waals surface area contributed by atoms with E-state index >= 15 is 0 Å². The summed E-state index contributed by atoms with van der Waals surface area (Å²) in [6.45, 7) is 3.92. The minimum absolute atomic E-state index is 0.399. The molecule has 3 heterocycles. The second-order valence-corrected chi connectivity index (χ2v) is 8.69. The second-order valence-electron chi connectivity index (χ2n) is 6.06. The topological polar surface area (TPSA) is 92.4 Å². The third-order valence-electron chi connectivity index (χ3n) is 4.56. The molecular weight excluding hydrogens is 334 g/mol. The highest BCUT2D eigenvalue weighted by atomic mass is 32.2. The van der Waals surface area contributed by atoms with Crippen LogP contribution in [0.15, 0.2) is 0 Å². The number of aromatic nitrogens is 2. The number of nitrogens with zero attached hydrogens (tertiary/aromatic N) is 4. The van der Waals surface area contributed by atoms with Crippen LogP contribution in [0.1, 0.15) is 22.7 Å². The number of thiophene rings is 1. The first-order chi connectivity index (χ1) is 10.9. The molecule has 2 aromatic rings. The van der Waals surface area contributed by atoms with E-state index in [-0.39, 0.29) is 0 Å². The van der Waals surface area contributed by atoms with E-state index in [9.17, 15) is 8.42 Å². The summed E-state index contributed by atoms with van der Waals surface area (Å²) in [5.74, 6) is 1.72. The van der Waals surface area contributed by atoms with Crippen molar-refractivity contribution in [3.05, 3.63) is 16.3 Å². The Morgan fingerprint density at radius 1 is 1.13 bits per heavy atom. The van der Waals surface area contributed by atoms with E-state index in [1.807, 2.05) is 6.92 Å². The molecule has 1 saturated heterocycles. The highest BCUT2D eigenvalue weighted by Crippen LogP contribution is 2.40. The Morgan fingerprint density at radius 2 is 1.87 bits per heavy atom. The summed E-state index contributed by atoms with van der Waals surface area (Å²) in [6, 6.07) is 0. The molecular formula is C14H19N5O2S2. The fourth-order valence-corrected chi connectivity index (χ4v) is 5.44. The maximum absolute atomic E-state index is 11.5. The molecule has 0 bridgehead atoms. The van der Waals surface area contributed by atoms with Crippen LogP contribution in [-0.2, 0) is 23.1 Å². The van der Waals surface area contributed by atoms with Gasteiger partial charge in [0.1, 0.15) is 16.5 Å². The van der Waals surface area contributed by atoms with Gasteiger partial charge in [0.25, 0.3) is 10.2 Å². The van der Waals surface area contributed by atoms with Crippen molar-refractivity contribution >= 4 is 37.6 Å². The smallest absolute Gasteiger partial charge is 0.277 e. The molecule has 0 unspecified atom stereocenters. The van der Waals surface area contributed by atoms with Gasteiger partial charge in [-0.25, -0.2) is 15.1 Å². The number of hydrogen-bond acceptors (Lipinski definition) is 6. The maximum atomic E-state index is 11.5. The molecule has 0 atom stereocenters. The van der Waals surface area contributed by atoms with Crippen molar-refractivity contribution in [2.45, 2.75) is 26.2 Å². The Labute approximate surface area is 139 Å². The third-order valence-corrected chi connectivity index (χ3v) is 6.83. The van der Waals surface area contributed by atoms with E-state index in [4.69, 9.17) is 5.14 Å². The summed E-state index contributed by atoms with van der Waals surface area (Å²) in [4.78, 5) is 14.0. The van der Waals surface area contributed by atoms with Crippen LogP contribution in [-0.4, -0.2) is 48.9 Å². The molecule has 4 rings (SSSR count). The average molecular weight is 353 g/mol. The van der Waals surface area contributed by atoms with Crippen molar-refractivity contribution in [1.29, 1.82) is 0 Å². The summed E-state index contributed by atoms with van der Waals surface area (Å²) < 4.78 is 24.3. The molecule has 0 aromatic carbocycles. The lowest BCUT2D eigenvalue weighted by atomic mass is 10.1. The number of anilines is 1. The van der Waals surface area contributed by atoms with E-state index < -0.39 is 10.2 Å². The minimum atomic E-state index is -3.60. The molecule has 0 spiro atoms. The molecule has 0 radical (unpaired) electrons. The first-order valence-corrected chi connectivity index (χ1v) is 10.1. The molecule has 2 aromatic heterocycles. The standard InChI is InChI=1S/C14H19N5O2S2/c1-9-16-13(18-5-7-19(8-6-18)23(15,20)21)12-10-3-2-4-11(10)22-14(12)17-9/h2-8H2,1H3,(H2,15,20,21). The van der Waals surface area contributed by atoms with Crippen LogP contribution in [0, 0.1) is 6.92 Å². The van der Waals surface area contributed by atoms with Crippen molar-refractivity contribution in [2.75, 3.05) is 31.1 Å². The molecule has 0 amide bonds. The normalized spacial score (nSPS) is 19.5. The Balaban J connectivity index is 1.72. The van der Waals surface area contributed by atoms with E-state index in [2.05, 4.69) is 14.9 Å². The van der Waals surface area contributed by atoms with Gasteiger partial charge in [0.05, 0.1) is 5.39 Å². The predicted molar refractivity (Wildman–Crippen MR) is 91.1 cm³/mol. The van der Waals surface area contributed by atoms with Crippen LogP contribution in [0.25, 0.3) is 10.2 Å². The van der Waals surface area contributed by atoms with Crippen LogP contribution in [0.2, 0.25) is 0 Å². The van der Waals surface area contributed by atoms with Gasteiger partial charge >= 0.3 is 0 Å². The first-order valence-electron chi connectivity index (χ1n) is 7.75. The monoisotopic (exact) mass is 353 g/mol. The van der Waals surface area contributed by atoms with Crippen molar-refractivity contribution in [3.8, 4) is 0 Å². The van der Waals surface area contributed by atoms with Gasteiger partial charge in [-0.05, 0) is 31.7 Å². The summed E-state index contributed by atoms with van der Waals surface area (Å²) >= 11 is 1.78. The zero-order chi connectivity index (χ0) is 16.2. The third kappa shape index (κ3) is 2.61. The Kier molecular flexibility index (Phi) is 3.56. The maximum Gasteiger partial charge on any atom is 0.277 e. The lowest BCUT2D eigenvalue weighted by Gasteiger charge is -2.34. The molecule has 9 heteroatoms. The zero-order valence-electron chi connectivity index (χ0n) is 12.9. The molecule has 1 aliphatic carbocycles. The van der Waals surface area contributed by atoms with E-state index in [0.717, 1.165) is 29.3 Å². The SMILES string of the molecule is Cc1nc(N2CCN(S(N)(=O)=O)CC2)c2c3c(sc2n1)CCC3. The van der Waals surface area contributed by atoms with Crippen molar-refractivity contribution < 1.29 is 8.42 Å². The zero-order valence-corrected chi connectivity index (χ0v) is 14.6. The van der Waals surface area contributed by atoms with Crippen LogP contribution < -0.4 is 10.0 Å². The first kappa shape index (κ1) is 15.3. The largest absolute Gasteiger partial charge is 0.353 e. The quantitative estimate of drug-likeness (QED) is 0.863. The molecule has 2 aliphatic rings. The summed E-state index contributed by atoms with van der Waals surface area (Å²) in [5, 5.41) is 6.40. The number of hydrogen-bond donors (Lipinski definition) is 1. The molecule has 7 nitrogen and oxygen atoms in total. The summed E-state index contributed by atoms with van der Waals surface area (Å²) in [6.07, 6.45) is 3.42. The second kappa shape index (κ2) is 5.37. The van der Waals surface area contributed by atoms with Gasteiger partial charge < -0.3 is 4.90 Å². The van der Waals surface area contributed by atoms with Gasteiger partial charge in [-0.15, -0.1) is 11.3 Å². The fourth-order valence-electron chi connectivity index (χ4n) is 3.46. The van der Waals surface area contributed by atoms with Gasteiger partial charge in [0, 0.05) is 31.1 Å². The van der Waals surface area contributed by atoms with Crippen LogP contribution in [0.3, 0.4) is 0 Å². The fraction of sp³-hybridized carbons (Fsp3) is 0.571. The molecule has 124 valence electrons. The Morgan fingerprint density at radius 3 is 2.57 bits per heavy atom. The van der Waals surface area contributed by atoms with Gasteiger partial charge in [-0.3, -0.25) is 0 Å². The Bertz CT molecular complexity index is 869. The van der Waals surface area contributed by atoms with E-state index in [0.29, 0.717) is 26.2 Å². The minimum Gasteiger partial charge on any atom is -0.353 e. The van der Waals surface area contributed by atoms with E-state index in [1.54, 1.807) is 11.3 Å². The van der Waals surface area contributed by atoms with Crippen molar-refractivity contribution in [3.63, 3.8) is 0 Å². The number of fused-ring (bicyclic) bond motifs is 3. The van der Waals surface area contributed by atoms with Crippen molar-refractivity contribution in [1.82, 2.24) is 14.3 Å². The summed E-state index contributed by atoms with van der Waals surface area (Å²) in [5.41, 5.74) is 1.40. The number of piperazine rings is 1. The lowest BCUT2D eigenvalue weighted by molar-refractivity contribution is 0.384. The van der Waals surface area contributed by atoms with Crippen LogP contribution in [0.4, 0.5) is 5.82 Å². The van der Waals surface area contributed by atoms with Gasteiger partial charge in [0.15, 0.2) is 0 Å². The van der Waals surface area contributed by atoms with Gasteiger partial charge in [-0.2, -0.15) is 12.7 Å². The van der Waals surface area contributed by atoms with Crippen LogP contribution in [0.5, 0.6) is 0 Å². The molecule has 2 N–H and O–H groups in total. The van der Waals surface area contributed by atoms with Crippen molar-refractivity contribution in [2.24, 2.45) is 5.14 Å². The van der Waals surface area contributed by atoms with Gasteiger partial charge in [0.2, 0.25) is 0 Å². The van der Waals surface area contributed by atoms with Gasteiger partial charge in [-0.1, -0.05) is 0 Å². The Hall–Kier alpha value is -1.29. The van der Waals surface area contributed by atoms with Crippen LogP contribution >= 0.6 is 11.3 Å². The molecule has 1 aliphatic heterocycles. The number of rotatable bonds is 2. The highest BCUT2D eigenvalue weighted by molar-refractivity contribution is 7.86. The summed E-state index contributed by atoms with van der Waals surface area (Å²) in [7, 11) is -3.60. The van der Waals surface area contributed by atoms with E-state index in [1.165, 1.54) is 26.6 Å². The number of aryl methyl sites for hydroxylation is 3. The highest BCUT2D eigenvalue weighted by Gasteiger charge is 2.28. The molecule has 0 saturated carbocycles.